The number of amides is 2. The molecule has 0 spiro atoms. The predicted octanol–water partition coefficient (Wildman–Crippen LogP) is 2.86. The van der Waals surface area contributed by atoms with Crippen molar-refractivity contribution < 1.29 is 14.3 Å². The van der Waals surface area contributed by atoms with E-state index in [1.807, 2.05) is 39.0 Å². The van der Waals surface area contributed by atoms with Crippen molar-refractivity contribution in [3.8, 4) is 0 Å². The highest BCUT2D eigenvalue weighted by molar-refractivity contribution is 5.94. The second-order valence-electron chi connectivity index (χ2n) is 6.63. The first kappa shape index (κ1) is 16.3. The molecule has 1 aliphatic carbocycles. The number of hydrogen-bond donors (Lipinski definition) is 2. The zero-order valence-electron chi connectivity index (χ0n) is 13.4. The predicted molar refractivity (Wildman–Crippen MR) is 84.7 cm³/mol. The molecule has 0 saturated heterocycles. The van der Waals surface area contributed by atoms with Crippen molar-refractivity contribution in [2.24, 2.45) is 0 Å². The zero-order valence-corrected chi connectivity index (χ0v) is 13.4. The topological polar surface area (TPSA) is 67.4 Å². The molecular weight excluding hydrogens is 280 g/mol. The number of nitrogens with one attached hydrogen (secondary N) is 2. The highest BCUT2D eigenvalue weighted by Crippen LogP contribution is 2.20. The fourth-order valence-corrected chi connectivity index (χ4v) is 2.61. The van der Waals surface area contributed by atoms with Crippen LogP contribution in [0.2, 0.25) is 0 Å². The van der Waals surface area contributed by atoms with Gasteiger partial charge in [0.15, 0.2) is 0 Å². The summed E-state index contributed by atoms with van der Waals surface area (Å²) in [6.07, 6.45) is 2.25. The van der Waals surface area contributed by atoms with Crippen LogP contribution in [0.15, 0.2) is 30.3 Å². The minimum absolute atomic E-state index is 0.0553. The molecule has 2 rings (SSSR count). The molecule has 1 aromatic carbocycles. The number of carbonyl (C=O) groups excluding carboxylic acids is 2. The molecule has 0 aliphatic heterocycles. The molecule has 2 atom stereocenters. The highest BCUT2D eigenvalue weighted by atomic mass is 16.6. The largest absolute Gasteiger partial charge is 0.444 e. The van der Waals surface area contributed by atoms with Gasteiger partial charge in [-0.05, 0) is 52.2 Å². The Kier molecular flexibility index (Phi) is 5.06. The van der Waals surface area contributed by atoms with E-state index in [2.05, 4.69) is 10.6 Å². The molecule has 1 fully saturated rings. The number of hydrogen-bond acceptors (Lipinski definition) is 3. The van der Waals surface area contributed by atoms with E-state index in [9.17, 15) is 9.59 Å². The molecule has 0 bridgehead atoms. The molecule has 0 aromatic heterocycles. The van der Waals surface area contributed by atoms with Gasteiger partial charge in [0.1, 0.15) is 5.60 Å². The molecule has 120 valence electrons. The molecule has 2 amide bonds. The van der Waals surface area contributed by atoms with Crippen LogP contribution in [0.25, 0.3) is 0 Å². The van der Waals surface area contributed by atoms with Crippen LogP contribution in [-0.4, -0.2) is 29.7 Å². The lowest BCUT2D eigenvalue weighted by molar-refractivity contribution is 0.0495. The molecule has 0 heterocycles. The van der Waals surface area contributed by atoms with Crippen LogP contribution in [0, 0.1) is 0 Å². The van der Waals surface area contributed by atoms with E-state index >= 15 is 0 Å². The second-order valence-corrected chi connectivity index (χ2v) is 6.63. The maximum Gasteiger partial charge on any atom is 0.407 e. The fraction of sp³-hybridized carbons (Fsp3) is 0.529. The van der Waals surface area contributed by atoms with E-state index in [0.29, 0.717) is 5.56 Å². The average molecular weight is 304 g/mol. The Morgan fingerprint density at radius 2 is 1.64 bits per heavy atom. The van der Waals surface area contributed by atoms with Gasteiger partial charge < -0.3 is 15.4 Å². The first-order valence-corrected chi connectivity index (χ1v) is 7.70. The lowest BCUT2D eigenvalue weighted by Crippen LogP contribution is -2.49. The second kappa shape index (κ2) is 6.81. The van der Waals surface area contributed by atoms with Gasteiger partial charge in [0.2, 0.25) is 0 Å². The molecule has 5 nitrogen and oxygen atoms in total. The van der Waals surface area contributed by atoms with Crippen molar-refractivity contribution in [2.45, 2.75) is 57.7 Å². The van der Waals surface area contributed by atoms with Crippen molar-refractivity contribution in [3.05, 3.63) is 35.9 Å². The maximum atomic E-state index is 12.2. The number of carbonyl (C=O) groups is 2. The van der Waals surface area contributed by atoms with E-state index in [-0.39, 0.29) is 18.0 Å². The summed E-state index contributed by atoms with van der Waals surface area (Å²) >= 11 is 0. The van der Waals surface area contributed by atoms with E-state index < -0.39 is 11.7 Å². The van der Waals surface area contributed by atoms with Crippen molar-refractivity contribution in [3.63, 3.8) is 0 Å². The number of ether oxygens (including phenoxy) is 1. The van der Waals surface area contributed by atoms with Gasteiger partial charge in [-0.1, -0.05) is 18.2 Å². The lowest BCUT2D eigenvalue weighted by atomic mass is 10.1. The average Bonchev–Trinajstić information content (AvgIpc) is 2.84. The third kappa shape index (κ3) is 4.76. The standard InChI is InChI=1S/C17H24N2O3/c1-17(2,3)22-16(21)19-14-11-7-10-13(14)18-15(20)12-8-5-4-6-9-12/h4-6,8-9,13-14H,7,10-11H2,1-3H3,(H,18,20)(H,19,21)/t13-,14-/m1/s1. The molecule has 1 aliphatic rings. The van der Waals surface area contributed by atoms with E-state index in [1.54, 1.807) is 12.1 Å². The summed E-state index contributed by atoms with van der Waals surface area (Å²) in [6, 6.07) is 8.96. The Hall–Kier alpha value is -2.04. The Morgan fingerprint density at radius 3 is 2.23 bits per heavy atom. The first-order chi connectivity index (χ1) is 10.3. The molecule has 1 saturated carbocycles. The minimum atomic E-state index is -0.522. The third-order valence-electron chi connectivity index (χ3n) is 3.57. The Bertz CT molecular complexity index is 522. The molecule has 1 aromatic rings. The number of rotatable bonds is 3. The SMILES string of the molecule is CC(C)(C)OC(=O)N[C@@H]1CCC[C@H]1NC(=O)c1ccccc1. The summed E-state index contributed by atoms with van der Waals surface area (Å²) in [4.78, 5) is 24.1. The molecule has 5 heteroatoms. The van der Waals surface area contributed by atoms with Gasteiger partial charge in [0, 0.05) is 11.6 Å². The number of benzene rings is 1. The summed E-state index contributed by atoms with van der Waals surface area (Å²) < 4.78 is 5.27. The normalized spacial score (nSPS) is 21.2. The van der Waals surface area contributed by atoms with Gasteiger partial charge in [0.05, 0.1) is 6.04 Å². The van der Waals surface area contributed by atoms with Gasteiger partial charge in [-0.2, -0.15) is 0 Å². The summed E-state index contributed by atoms with van der Waals surface area (Å²) in [5.41, 5.74) is 0.108. The van der Waals surface area contributed by atoms with Crippen LogP contribution in [0.1, 0.15) is 50.4 Å². The summed E-state index contributed by atoms with van der Waals surface area (Å²) in [7, 11) is 0. The number of alkyl carbamates (subject to hydrolysis) is 1. The first-order valence-electron chi connectivity index (χ1n) is 7.70. The van der Waals surface area contributed by atoms with Gasteiger partial charge in [0.25, 0.3) is 5.91 Å². The Morgan fingerprint density at radius 1 is 1.05 bits per heavy atom. The Labute approximate surface area is 131 Å². The van der Waals surface area contributed by atoms with Gasteiger partial charge in [-0.15, -0.1) is 0 Å². The summed E-state index contributed by atoms with van der Waals surface area (Å²) in [5, 5.41) is 5.87. The van der Waals surface area contributed by atoms with Crippen molar-refractivity contribution >= 4 is 12.0 Å². The van der Waals surface area contributed by atoms with Crippen LogP contribution in [-0.2, 0) is 4.74 Å². The fourth-order valence-electron chi connectivity index (χ4n) is 2.61. The van der Waals surface area contributed by atoms with Gasteiger partial charge in [-0.25, -0.2) is 4.79 Å². The van der Waals surface area contributed by atoms with E-state index in [0.717, 1.165) is 19.3 Å². The molecular formula is C17H24N2O3. The van der Waals surface area contributed by atoms with Gasteiger partial charge >= 0.3 is 6.09 Å². The van der Waals surface area contributed by atoms with Gasteiger partial charge in [-0.3, -0.25) is 4.79 Å². The van der Waals surface area contributed by atoms with Crippen LogP contribution in [0.3, 0.4) is 0 Å². The quantitative estimate of drug-likeness (QED) is 0.902. The van der Waals surface area contributed by atoms with Crippen molar-refractivity contribution in [2.75, 3.05) is 0 Å². The summed E-state index contributed by atoms with van der Waals surface area (Å²) in [6.45, 7) is 5.49. The maximum absolute atomic E-state index is 12.2. The molecule has 0 unspecified atom stereocenters. The minimum Gasteiger partial charge on any atom is -0.444 e. The van der Waals surface area contributed by atoms with Crippen LogP contribution < -0.4 is 10.6 Å². The zero-order chi connectivity index (χ0) is 16.2. The smallest absolute Gasteiger partial charge is 0.407 e. The monoisotopic (exact) mass is 304 g/mol. The van der Waals surface area contributed by atoms with Crippen molar-refractivity contribution in [1.29, 1.82) is 0 Å². The van der Waals surface area contributed by atoms with Crippen molar-refractivity contribution in [1.82, 2.24) is 10.6 Å². The Balaban J connectivity index is 1.91. The highest BCUT2D eigenvalue weighted by Gasteiger charge is 2.31. The molecule has 22 heavy (non-hydrogen) atoms. The van der Waals surface area contributed by atoms with Crippen LogP contribution in [0.5, 0.6) is 0 Å². The van der Waals surface area contributed by atoms with E-state index in [4.69, 9.17) is 4.74 Å². The molecule has 2 N–H and O–H groups in total. The summed E-state index contributed by atoms with van der Waals surface area (Å²) in [5.74, 6) is -0.108. The lowest BCUT2D eigenvalue weighted by Gasteiger charge is -2.25. The third-order valence-corrected chi connectivity index (χ3v) is 3.57. The van der Waals surface area contributed by atoms with Crippen LogP contribution >= 0.6 is 0 Å². The van der Waals surface area contributed by atoms with E-state index in [1.165, 1.54) is 0 Å². The van der Waals surface area contributed by atoms with Crippen LogP contribution in [0.4, 0.5) is 4.79 Å². The molecule has 0 radical (unpaired) electrons.